The zero-order valence-electron chi connectivity index (χ0n) is 12.6. The molecule has 1 fully saturated rings. The zero-order chi connectivity index (χ0) is 16.8. The predicted molar refractivity (Wildman–Crippen MR) is 80.7 cm³/mol. The SMILES string of the molecule is O=C(CC1CCCCC1)OCc1c([N+](=O)[O-])cccc1[N+](=O)[O-]. The van der Waals surface area contributed by atoms with Gasteiger partial charge in [0.2, 0.25) is 0 Å². The highest BCUT2D eigenvalue weighted by molar-refractivity contribution is 5.70. The van der Waals surface area contributed by atoms with E-state index in [1.165, 1.54) is 12.5 Å². The molecule has 0 saturated heterocycles. The van der Waals surface area contributed by atoms with Gasteiger partial charge in [0.25, 0.3) is 11.4 Å². The number of esters is 1. The van der Waals surface area contributed by atoms with Gasteiger partial charge in [0, 0.05) is 18.6 Å². The lowest BCUT2D eigenvalue weighted by Crippen LogP contribution is -2.15. The smallest absolute Gasteiger partial charge is 0.306 e. The molecule has 1 aromatic rings. The van der Waals surface area contributed by atoms with Crippen molar-refractivity contribution in [1.82, 2.24) is 0 Å². The maximum atomic E-state index is 11.9. The fourth-order valence-electron chi connectivity index (χ4n) is 2.89. The molecule has 0 radical (unpaired) electrons. The lowest BCUT2D eigenvalue weighted by atomic mass is 9.87. The number of carbonyl (C=O) groups excluding carboxylic acids is 1. The lowest BCUT2D eigenvalue weighted by Gasteiger charge is -2.20. The van der Waals surface area contributed by atoms with Crippen LogP contribution in [0.25, 0.3) is 0 Å². The molecule has 0 amide bonds. The summed E-state index contributed by atoms with van der Waals surface area (Å²) >= 11 is 0. The molecular formula is C15H18N2O6. The molecule has 1 aliphatic carbocycles. The molecule has 1 saturated carbocycles. The summed E-state index contributed by atoms with van der Waals surface area (Å²) in [6.45, 7) is -0.459. The second-order valence-corrected chi connectivity index (χ2v) is 5.66. The molecule has 0 aromatic heterocycles. The molecule has 0 atom stereocenters. The Morgan fingerprint density at radius 1 is 1.09 bits per heavy atom. The first-order valence-corrected chi connectivity index (χ1v) is 7.55. The third-order valence-electron chi connectivity index (χ3n) is 4.08. The number of hydrogen-bond acceptors (Lipinski definition) is 6. The van der Waals surface area contributed by atoms with Crippen LogP contribution in [0.3, 0.4) is 0 Å². The first-order chi connectivity index (χ1) is 11.0. The molecule has 0 heterocycles. The zero-order valence-corrected chi connectivity index (χ0v) is 12.6. The van der Waals surface area contributed by atoms with Crippen molar-refractivity contribution in [3.63, 3.8) is 0 Å². The summed E-state index contributed by atoms with van der Waals surface area (Å²) in [6, 6.07) is 3.57. The number of nitro groups is 2. The van der Waals surface area contributed by atoms with E-state index in [0.717, 1.165) is 37.8 Å². The Bertz CT molecular complexity index is 578. The van der Waals surface area contributed by atoms with Gasteiger partial charge in [-0.05, 0) is 24.8 Å². The van der Waals surface area contributed by atoms with Crippen molar-refractivity contribution in [3.05, 3.63) is 44.0 Å². The summed E-state index contributed by atoms with van der Waals surface area (Å²) in [5.74, 6) is -0.193. The van der Waals surface area contributed by atoms with Crippen molar-refractivity contribution in [3.8, 4) is 0 Å². The summed E-state index contributed by atoms with van der Waals surface area (Å²) in [7, 11) is 0. The summed E-state index contributed by atoms with van der Waals surface area (Å²) in [5.41, 5.74) is -1.01. The van der Waals surface area contributed by atoms with Crippen LogP contribution in [-0.4, -0.2) is 15.8 Å². The topological polar surface area (TPSA) is 113 Å². The maximum absolute atomic E-state index is 11.9. The van der Waals surface area contributed by atoms with E-state index in [2.05, 4.69) is 0 Å². The van der Waals surface area contributed by atoms with E-state index in [0.29, 0.717) is 0 Å². The van der Waals surface area contributed by atoms with Crippen LogP contribution in [0.4, 0.5) is 11.4 Å². The Morgan fingerprint density at radius 2 is 1.65 bits per heavy atom. The molecule has 8 nitrogen and oxygen atoms in total. The summed E-state index contributed by atoms with van der Waals surface area (Å²) in [5, 5.41) is 22.0. The van der Waals surface area contributed by atoms with Crippen molar-refractivity contribution in [1.29, 1.82) is 0 Å². The van der Waals surface area contributed by atoms with E-state index in [4.69, 9.17) is 4.74 Å². The lowest BCUT2D eigenvalue weighted by molar-refractivity contribution is -0.396. The van der Waals surface area contributed by atoms with Crippen molar-refractivity contribution in [2.75, 3.05) is 0 Å². The largest absolute Gasteiger partial charge is 0.460 e. The molecule has 0 bridgehead atoms. The van der Waals surface area contributed by atoms with Crippen LogP contribution in [0.2, 0.25) is 0 Å². The molecule has 1 aliphatic rings. The average molecular weight is 322 g/mol. The fraction of sp³-hybridized carbons (Fsp3) is 0.533. The molecule has 2 rings (SSSR count). The monoisotopic (exact) mass is 322 g/mol. The van der Waals surface area contributed by atoms with Gasteiger partial charge < -0.3 is 4.74 Å². The molecule has 124 valence electrons. The highest BCUT2D eigenvalue weighted by Gasteiger charge is 2.26. The Balaban J connectivity index is 2.05. The minimum absolute atomic E-state index is 0.181. The quantitative estimate of drug-likeness (QED) is 0.450. The van der Waals surface area contributed by atoms with Crippen molar-refractivity contribution in [2.24, 2.45) is 5.92 Å². The molecule has 23 heavy (non-hydrogen) atoms. The Hall–Kier alpha value is -2.51. The van der Waals surface area contributed by atoms with Gasteiger partial charge in [-0.25, -0.2) is 0 Å². The van der Waals surface area contributed by atoms with Crippen LogP contribution in [0.1, 0.15) is 44.1 Å². The van der Waals surface area contributed by atoms with Gasteiger partial charge in [-0.2, -0.15) is 0 Å². The third kappa shape index (κ3) is 4.48. The summed E-state index contributed by atoms with van der Waals surface area (Å²) < 4.78 is 5.06. The Morgan fingerprint density at radius 3 is 2.17 bits per heavy atom. The van der Waals surface area contributed by atoms with Gasteiger partial charge >= 0.3 is 5.97 Å². The van der Waals surface area contributed by atoms with Crippen LogP contribution in [0.5, 0.6) is 0 Å². The molecular weight excluding hydrogens is 304 g/mol. The van der Waals surface area contributed by atoms with Gasteiger partial charge in [-0.1, -0.05) is 19.3 Å². The third-order valence-corrected chi connectivity index (χ3v) is 4.08. The van der Waals surface area contributed by atoms with E-state index in [-0.39, 0.29) is 17.9 Å². The minimum atomic E-state index is -0.711. The van der Waals surface area contributed by atoms with Crippen LogP contribution < -0.4 is 0 Å². The molecule has 0 N–H and O–H groups in total. The summed E-state index contributed by atoms with van der Waals surface area (Å²) in [4.78, 5) is 32.5. The second kappa shape index (κ2) is 7.66. The van der Waals surface area contributed by atoms with Gasteiger partial charge in [-0.15, -0.1) is 0 Å². The second-order valence-electron chi connectivity index (χ2n) is 5.66. The van der Waals surface area contributed by atoms with Crippen LogP contribution in [0, 0.1) is 26.1 Å². The van der Waals surface area contributed by atoms with E-state index in [1.807, 2.05) is 0 Å². The number of carbonyl (C=O) groups is 1. The highest BCUT2D eigenvalue weighted by Crippen LogP contribution is 2.30. The van der Waals surface area contributed by atoms with Crippen molar-refractivity contribution in [2.45, 2.75) is 45.1 Å². The molecule has 1 aromatic carbocycles. The Labute approximate surface area is 132 Å². The van der Waals surface area contributed by atoms with Gasteiger partial charge in [0.1, 0.15) is 12.2 Å². The number of rotatable bonds is 6. The number of nitro benzene ring substituents is 2. The van der Waals surface area contributed by atoms with E-state index in [9.17, 15) is 25.0 Å². The van der Waals surface area contributed by atoms with Gasteiger partial charge in [0.15, 0.2) is 0 Å². The van der Waals surface area contributed by atoms with E-state index < -0.39 is 33.8 Å². The first kappa shape index (κ1) is 16.9. The normalized spacial score (nSPS) is 15.1. The molecule has 0 spiro atoms. The average Bonchev–Trinajstić information content (AvgIpc) is 2.53. The maximum Gasteiger partial charge on any atom is 0.306 e. The summed E-state index contributed by atoms with van der Waals surface area (Å²) in [6.07, 6.45) is 5.56. The van der Waals surface area contributed by atoms with Gasteiger partial charge in [0.05, 0.1) is 9.85 Å². The standard InChI is InChI=1S/C15H18N2O6/c18-15(9-11-5-2-1-3-6-11)23-10-12-13(16(19)20)7-4-8-14(12)17(21)22/h4,7-8,11H,1-3,5-6,9-10H2. The van der Waals surface area contributed by atoms with Crippen LogP contribution in [0.15, 0.2) is 18.2 Å². The molecule has 0 aliphatic heterocycles. The van der Waals surface area contributed by atoms with E-state index >= 15 is 0 Å². The number of nitrogens with zero attached hydrogens (tertiary/aromatic N) is 2. The van der Waals surface area contributed by atoms with Crippen molar-refractivity contribution < 1.29 is 19.4 Å². The first-order valence-electron chi connectivity index (χ1n) is 7.55. The van der Waals surface area contributed by atoms with E-state index in [1.54, 1.807) is 0 Å². The Kier molecular flexibility index (Phi) is 5.61. The van der Waals surface area contributed by atoms with Crippen LogP contribution >= 0.6 is 0 Å². The number of ether oxygens (including phenoxy) is 1. The number of hydrogen-bond donors (Lipinski definition) is 0. The fourth-order valence-corrected chi connectivity index (χ4v) is 2.89. The highest BCUT2D eigenvalue weighted by atomic mass is 16.6. The van der Waals surface area contributed by atoms with Crippen molar-refractivity contribution >= 4 is 17.3 Å². The predicted octanol–water partition coefficient (Wildman–Crippen LogP) is 3.52. The molecule has 8 heteroatoms. The van der Waals surface area contributed by atoms with Crippen LogP contribution in [-0.2, 0) is 16.1 Å². The molecule has 0 unspecified atom stereocenters. The minimum Gasteiger partial charge on any atom is -0.460 e. The van der Waals surface area contributed by atoms with Gasteiger partial charge in [-0.3, -0.25) is 25.0 Å². The number of benzene rings is 1.